The third-order valence-corrected chi connectivity index (χ3v) is 5.23. The van der Waals surface area contributed by atoms with Crippen LogP contribution < -0.4 is 4.74 Å². The maximum absolute atomic E-state index is 12.5. The lowest BCUT2D eigenvalue weighted by molar-refractivity contribution is 0.0731. The molecule has 1 saturated heterocycles. The van der Waals surface area contributed by atoms with Gasteiger partial charge in [-0.2, -0.15) is 0 Å². The molecule has 3 rings (SSSR count). The predicted molar refractivity (Wildman–Crippen MR) is 97.5 cm³/mol. The van der Waals surface area contributed by atoms with Crippen molar-refractivity contribution in [1.29, 1.82) is 0 Å². The van der Waals surface area contributed by atoms with E-state index < -0.39 is 5.97 Å². The van der Waals surface area contributed by atoms with Gasteiger partial charge in [0.2, 0.25) is 0 Å². The highest BCUT2D eigenvalue weighted by molar-refractivity contribution is 7.99. The summed E-state index contributed by atoms with van der Waals surface area (Å²) < 4.78 is 11.1. The Bertz CT molecular complexity index is 749. The molecule has 130 valence electrons. The van der Waals surface area contributed by atoms with Gasteiger partial charge >= 0.3 is 5.97 Å². The molecular formula is C20H20O4S. The molecule has 1 atom stereocenters. The zero-order valence-corrected chi connectivity index (χ0v) is 14.9. The third-order valence-electron chi connectivity index (χ3n) is 4.03. The highest BCUT2D eigenvalue weighted by Crippen LogP contribution is 2.27. The van der Waals surface area contributed by atoms with Crippen molar-refractivity contribution < 1.29 is 19.1 Å². The molecule has 0 aliphatic carbocycles. The minimum absolute atomic E-state index is 0.0197. The van der Waals surface area contributed by atoms with Gasteiger partial charge in [0, 0.05) is 22.8 Å². The number of carbonyl (C=O) groups excluding carboxylic acids is 2. The van der Waals surface area contributed by atoms with E-state index in [2.05, 4.69) is 0 Å². The highest BCUT2D eigenvalue weighted by Gasteiger charge is 2.18. The number of hydrogen-bond donors (Lipinski definition) is 0. The Balaban J connectivity index is 1.67. The van der Waals surface area contributed by atoms with Gasteiger partial charge in [-0.3, -0.25) is 4.79 Å². The lowest BCUT2D eigenvalue weighted by atomic mass is 10.1. The standard InChI is InChI=1S/C20H20O4S/c1-14(21)15-8-10-16(11-9-15)24-20(22)18-6-2-3-7-19(18)25-13-17-5-4-12-23-17/h2-3,6-11,17H,4-5,12-13H2,1H3/t17-/m0/s1. The van der Waals surface area contributed by atoms with Crippen LogP contribution in [0.3, 0.4) is 0 Å². The monoisotopic (exact) mass is 356 g/mol. The number of ether oxygens (including phenoxy) is 2. The van der Waals surface area contributed by atoms with E-state index in [1.165, 1.54) is 6.92 Å². The summed E-state index contributed by atoms with van der Waals surface area (Å²) in [5.41, 5.74) is 1.13. The second-order valence-electron chi connectivity index (χ2n) is 5.91. The maximum Gasteiger partial charge on any atom is 0.344 e. The van der Waals surface area contributed by atoms with Crippen molar-refractivity contribution in [1.82, 2.24) is 0 Å². The highest BCUT2D eigenvalue weighted by atomic mass is 32.2. The van der Waals surface area contributed by atoms with Crippen LogP contribution in [-0.2, 0) is 4.74 Å². The van der Waals surface area contributed by atoms with Gasteiger partial charge < -0.3 is 9.47 Å². The fourth-order valence-corrected chi connectivity index (χ4v) is 3.75. The molecule has 1 fully saturated rings. The lowest BCUT2D eigenvalue weighted by Gasteiger charge is -2.12. The second kappa shape index (κ2) is 8.32. The molecule has 4 nitrogen and oxygen atoms in total. The van der Waals surface area contributed by atoms with Crippen LogP contribution in [0.1, 0.15) is 40.5 Å². The quantitative estimate of drug-likeness (QED) is 0.333. The van der Waals surface area contributed by atoms with Crippen LogP contribution in [0.2, 0.25) is 0 Å². The summed E-state index contributed by atoms with van der Waals surface area (Å²) in [7, 11) is 0. The number of rotatable bonds is 6. The minimum atomic E-state index is -0.397. The van der Waals surface area contributed by atoms with Crippen LogP contribution in [0.5, 0.6) is 5.75 Å². The molecule has 1 heterocycles. The van der Waals surface area contributed by atoms with E-state index in [1.807, 2.05) is 18.2 Å². The SMILES string of the molecule is CC(=O)c1ccc(OC(=O)c2ccccc2SC[C@@H]2CCCO2)cc1. The van der Waals surface area contributed by atoms with Gasteiger partial charge in [0.25, 0.3) is 0 Å². The number of hydrogen-bond acceptors (Lipinski definition) is 5. The van der Waals surface area contributed by atoms with Crippen molar-refractivity contribution in [3.63, 3.8) is 0 Å². The van der Waals surface area contributed by atoms with E-state index >= 15 is 0 Å². The summed E-state index contributed by atoms with van der Waals surface area (Å²) in [6.45, 7) is 2.33. The molecule has 1 aliphatic rings. The Hall–Kier alpha value is -2.11. The first-order chi connectivity index (χ1) is 12.1. The summed E-state index contributed by atoms with van der Waals surface area (Å²) in [5, 5.41) is 0. The molecule has 5 heteroatoms. The van der Waals surface area contributed by atoms with E-state index in [0.717, 1.165) is 30.1 Å². The van der Waals surface area contributed by atoms with Gasteiger partial charge in [0.1, 0.15) is 5.75 Å². The average molecular weight is 356 g/mol. The van der Waals surface area contributed by atoms with Crippen LogP contribution in [0.15, 0.2) is 53.4 Å². The van der Waals surface area contributed by atoms with Crippen LogP contribution in [0.4, 0.5) is 0 Å². The largest absolute Gasteiger partial charge is 0.423 e. The molecule has 1 aliphatic heterocycles. The Morgan fingerprint density at radius 1 is 1.16 bits per heavy atom. The first kappa shape index (κ1) is 17.7. The molecule has 2 aromatic rings. The van der Waals surface area contributed by atoms with E-state index in [0.29, 0.717) is 16.9 Å². The van der Waals surface area contributed by atoms with Crippen LogP contribution in [0.25, 0.3) is 0 Å². The molecule has 2 aromatic carbocycles. The molecule has 0 bridgehead atoms. The zero-order valence-electron chi connectivity index (χ0n) is 14.1. The number of esters is 1. The van der Waals surface area contributed by atoms with Gasteiger partial charge in [0.05, 0.1) is 11.7 Å². The van der Waals surface area contributed by atoms with Gasteiger partial charge in [-0.25, -0.2) is 4.79 Å². The van der Waals surface area contributed by atoms with Crippen LogP contribution in [0, 0.1) is 0 Å². The fraction of sp³-hybridized carbons (Fsp3) is 0.300. The van der Waals surface area contributed by atoms with Crippen molar-refractivity contribution in [2.75, 3.05) is 12.4 Å². The third kappa shape index (κ3) is 4.71. The Labute approximate surface area is 151 Å². The first-order valence-corrected chi connectivity index (χ1v) is 9.28. The van der Waals surface area contributed by atoms with Crippen molar-refractivity contribution in [3.8, 4) is 5.75 Å². The molecule has 0 spiro atoms. The smallest absolute Gasteiger partial charge is 0.344 e. The normalized spacial score (nSPS) is 16.6. The molecular weight excluding hydrogens is 336 g/mol. The molecule has 25 heavy (non-hydrogen) atoms. The van der Waals surface area contributed by atoms with E-state index in [1.54, 1.807) is 42.1 Å². The molecule has 0 radical (unpaired) electrons. The van der Waals surface area contributed by atoms with Crippen molar-refractivity contribution in [3.05, 3.63) is 59.7 Å². The van der Waals surface area contributed by atoms with Crippen LogP contribution >= 0.6 is 11.8 Å². The number of thioether (sulfide) groups is 1. The zero-order chi connectivity index (χ0) is 17.6. The maximum atomic E-state index is 12.5. The number of benzene rings is 2. The van der Waals surface area contributed by atoms with Crippen molar-refractivity contribution in [2.45, 2.75) is 30.8 Å². The van der Waals surface area contributed by atoms with Crippen LogP contribution in [-0.4, -0.2) is 30.2 Å². The van der Waals surface area contributed by atoms with Gasteiger partial charge in [-0.05, 0) is 56.2 Å². The molecule has 0 amide bonds. The van der Waals surface area contributed by atoms with E-state index in [-0.39, 0.29) is 11.9 Å². The summed E-state index contributed by atoms with van der Waals surface area (Å²) in [5.74, 6) is 0.839. The Kier molecular flexibility index (Phi) is 5.89. The number of Topliss-reactive ketones (excluding diaryl/α,β-unsaturated/α-hetero) is 1. The number of carbonyl (C=O) groups is 2. The predicted octanol–water partition coefficient (Wildman–Crippen LogP) is 4.38. The Morgan fingerprint density at radius 3 is 2.60 bits per heavy atom. The minimum Gasteiger partial charge on any atom is -0.423 e. The molecule has 0 aromatic heterocycles. The van der Waals surface area contributed by atoms with Crippen molar-refractivity contribution in [2.24, 2.45) is 0 Å². The first-order valence-electron chi connectivity index (χ1n) is 8.30. The van der Waals surface area contributed by atoms with Crippen molar-refractivity contribution >= 4 is 23.5 Å². The second-order valence-corrected chi connectivity index (χ2v) is 6.97. The van der Waals surface area contributed by atoms with Gasteiger partial charge in [-0.15, -0.1) is 11.8 Å². The van der Waals surface area contributed by atoms with Gasteiger partial charge in [-0.1, -0.05) is 12.1 Å². The average Bonchev–Trinajstić information content (AvgIpc) is 3.14. The lowest BCUT2D eigenvalue weighted by Crippen LogP contribution is -2.12. The van der Waals surface area contributed by atoms with E-state index in [4.69, 9.17) is 9.47 Å². The fourth-order valence-electron chi connectivity index (χ4n) is 2.64. The molecule has 0 N–H and O–H groups in total. The number of ketones is 1. The topological polar surface area (TPSA) is 52.6 Å². The summed E-state index contributed by atoms with van der Waals surface area (Å²) in [6, 6.07) is 14.0. The molecule has 0 unspecified atom stereocenters. The van der Waals surface area contributed by atoms with Gasteiger partial charge in [0.15, 0.2) is 5.78 Å². The summed E-state index contributed by atoms with van der Waals surface area (Å²) in [6.07, 6.45) is 2.43. The molecule has 0 saturated carbocycles. The Morgan fingerprint density at radius 2 is 1.92 bits per heavy atom. The summed E-state index contributed by atoms with van der Waals surface area (Å²) in [4.78, 5) is 24.7. The summed E-state index contributed by atoms with van der Waals surface area (Å²) >= 11 is 1.62. The van der Waals surface area contributed by atoms with E-state index in [9.17, 15) is 9.59 Å².